The molecule has 0 bridgehead atoms. The van der Waals surface area contributed by atoms with E-state index in [9.17, 15) is 14.0 Å². The van der Waals surface area contributed by atoms with Crippen LogP contribution in [0.25, 0.3) is 10.9 Å². The molecule has 13 heteroatoms. The summed E-state index contributed by atoms with van der Waals surface area (Å²) in [5.74, 6) is -0.245. The average Bonchev–Trinajstić information content (AvgIpc) is 3.84. The summed E-state index contributed by atoms with van der Waals surface area (Å²) in [6, 6.07) is 15.1. The summed E-state index contributed by atoms with van der Waals surface area (Å²) in [5, 5.41) is 9.32. The summed E-state index contributed by atoms with van der Waals surface area (Å²) >= 11 is 0. The number of methoxy groups -OCH3 is 1. The number of pyridine rings is 1. The van der Waals surface area contributed by atoms with Crippen LogP contribution in [0.3, 0.4) is 0 Å². The fourth-order valence-corrected chi connectivity index (χ4v) is 4.66. The van der Waals surface area contributed by atoms with Crippen LogP contribution < -0.4 is 35.9 Å². The normalized spacial score (nSPS) is 13.2. The van der Waals surface area contributed by atoms with Crippen molar-refractivity contribution in [2.24, 2.45) is 11.1 Å². The van der Waals surface area contributed by atoms with Gasteiger partial charge in [0.05, 0.1) is 37.8 Å². The Hall–Kier alpha value is -5.01. The number of nitrogens with two attached hydrogens (primary N) is 1. The third-order valence-electron chi connectivity index (χ3n) is 7.39. The average molecular weight is 644 g/mol. The van der Waals surface area contributed by atoms with Gasteiger partial charge in [0.15, 0.2) is 23.1 Å². The van der Waals surface area contributed by atoms with Crippen molar-refractivity contribution >= 4 is 34.1 Å². The lowest BCUT2D eigenvalue weighted by Crippen LogP contribution is -2.29. The number of fused-ring (bicyclic) bond motifs is 1. The first-order valence-electron chi connectivity index (χ1n) is 14.7. The molecule has 3 aromatic carbocycles. The third kappa shape index (κ3) is 8.37. The molecule has 11 nitrogen and oxygen atoms in total. The maximum absolute atomic E-state index is 15.1. The predicted molar refractivity (Wildman–Crippen MR) is 177 cm³/mol. The summed E-state index contributed by atoms with van der Waals surface area (Å²) in [7, 11) is 1.52. The maximum atomic E-state index is 15.1. The molecule has 0 unspecified atom stereocenters. The topological polar surface area (TPSA) is 146 Å². The van der Waals surface area contributed by atoms with Crippen molar-refractivity contribution in [3.63, 3.8) is 0 Å². The Bertz CT molecular complexity index is 1700. The highest BCUT2D eigenvalue weighted by atomic mass is 19.1. The van der Waals surface area contributed by atoms with E-state index in [1.165, 1.54) is 43.5 Å². The second-order valence-electron chi connectivity index (χ2n) is 10.8. The largest absolute Gasteiger partial charge is 0.493 e. The first kappa shape index (κ1) is 32.4. The number of rotatable bonds is 17. The van der Waals surface area contributed by atoms with Crippen molar-refractivity contribution in [2.45, 2.75) is 19.3 Å². The van der Waals surface area contributed by atoms with Gasteiger partial charge in [0.25, 0.3) is 0 Å². The highest BCUT2D eigenvalue weighted by Crippen LogP contribution is 2.47. The molecule has 0 atom stereocenters. The number of hydrogen-bond acceptors (Lipinski definition) is 9. The fourth-order valence-electron chi connectivity index (χ4n) is 4.66. The van der Waals surface area contributed by atoms with E-state index in [1.54, 1.807) is 30.5 Å². The summed E-state index contributed by atoms with van der Waals surface area (Å²) in [4.78, 5) is 27.9. The second-order valence-corrected chi connectivity index (χ2v) is 10.8. The van der Waals surface area contributed by atoms with Crippen molar-refractivity contribution < 1.29 is 43.0 Å². The molecule has 0 saturated heterocycles. The van der Waals surface area contributed by atoms with Crippen molar-refractivity contribution in [1.29, 1.82) is 0 Å². The number of carbonyl (C=O) groups excluding carboxylic acids is 2. The Labute approximate surface area is 270 Å². The van der Waals surface area contributed by atoms with E-state index in [4.69, 9.17) is 24.7 Å². The molecule has 1 aromatic heterocycles. The number of nitrogens with one attached hydrogen (secondary N) is 3. The maximum Gasteiger partial charge on any atom is 0.232 e. The Balaban J connectivity index is 0.00000312. The van der Waals surface area contributed by atoms with Gasteiger partial charge in [-0.3, -0.25) is 14.6 Å². The molecule has 5 N–H and O–H groups in total. The zero-order valence-electron chi connectivity index (χ0n) is 25.2. The highest BCUT2D eigenvalue weighted by molar-refractivity contribution is 5.97. The smallest absolute Gasteiger partial charge is 0.232 e. The zero-order chi connectivity index (χ0) is 32.5. The molecule has 1 aliphatic carbocycles. The molecule has 0 spiro atoms. The molecule has 1 heterocycles. The lowest BCUT2D eigenvalue weighted by Gasteiger charge is -2.16. The van der Waals surface area contributed by atoms with E-state index < -0.39 is 17.1 Å². The minimum absolute atomic E-state index is 0. The number of carbonyl (C=O) groups is 2. The Morgan fingerprint density at radius 1 is 0.978 bits per heavy atom. The van der Waals surface area contributed by atoms with Gasteiger partial charge in [-0.2, -0.15) is 0 Å². The van der Waals surface area contributed by atoms with Gasteiger partial charge in [0.1, 0.15) is 18.3 Å². The van der Waals surface area contributed by atoms with Gasteiger partial charge < -0.3 is 40.6 Å². The lowest BCUT2D eigenvalue weighted by molar-refractivity contribution is -0.123. The van der Waals surface area contributed by atoms with Crippen LogP contribution in [0.5, 0.6) is 23.0 Å². The van der Waals surface area contributed by atoms with E-state index in [0.29, 0.717) is 71.9 Å². The number of amides is 2. The zero-order valence-corrected chi connectivity index (χ0v) is 25.2. The van der Waals surface area contributed by atoms with E-state index in [-0.39, 0.29) is 43.1 Å². The SMILES string of the molecule is COc1cc2c(Oc3ccc(NCOCC4(C(=O)Nc5ccc(F)cc5)CC4)cc3F)ccnc2cc1OCCCNCC(N)=O.[HH].[HH].[HH].[HH]. The molecule has 250 valence electrons. The van der Waals surface area contributed by atoms with Crippen LogP contribution in [0.2, 0.25) is 0 Å². The van der Waals surface area contributed by atoms with E-state index in [1.807, 2.05) is 0 Å². The van der Waals surface area contributed by atoms with Gasteiger partial charge >= 0.3 is 0 Å². The predicted octanol–water partition coefficient (Wildman–Crippen LogP) is 5.95. The quantitative estimate of drug-likeness (QED) is 0.0810. The van der Waals surface area contributed by atoms with Crippen LogP contribution in [0, 0.1) is 17.0 Å². The molecular formula is C33H43F2N5O6. The minimum Gasteiger partial charge on any atom is -0.493 e. The number of halogens is 2. The van der Waals surface area contributed by atoms with Gasteiger partial charge in [-0.05, 0) is 74.3 Å². The van der Waals surface area contributed by atoms with Gasteiger partial charge in [0, 0.05) is 40.8 Å². The molecule has 0 radical (unpaired) electrons. The number of aromatic nitrogens is 1. The molecule has 1 aliphatic rings. The second kappa shape index (κ2) is 14.8. The fraction of sp³-hybridized carbons (Fsp3) is 0.303. The minimum atomic E-state index is -0.632. The van der Waals surface area contributed by atoms with Crippen molar-refractivity contribution in [2.75, 3.05) is 50.8 Å². The van der Waals surface area contributed by atoms with Crippen LogP contribution in [-0.4, -0.2) is 56.9 Å². The summed E-state index contributed by atoms with van der Waals surface area (Å²) in [5.41, 5.74) is 6.04. The van der Waals surface area contributed by atoms with Crippen LogP contribution in [0.15, 0.2) is 66.9 Å². The first-order chi connectivity index (χ1) is 22.3. The molecule has 5 rings (SSSR count). The number of benzene rings is 3. The Morgan fingerprint density at radius 3 is 2.48 bits per heavy atom. The molecule has 1 saturated carbocycles. The monoisotopic (exact) mass is 643 g/mol. The molecule has 2 amide bonds. The lowest BCUT2D eigenvalue weighted by atomic mass is 10.1. The van der Waals surface area contributed by atoms with Gasteiger partial charge in [-0.1, -0.05) is 0 Å². The molecule has 0 aliphatic heterocycles. The molecule has 1 fully saturated rings. The van der Waals surface area contributed by atoms with Crippen LogP contribution in [0.4, 0.5) is 20.2 Å². The summed E-state index contributed by atoms with van der Waals surface area (Å²) in [6.07, 6.45) is 3.56. The summed E-state index contributed by atoms with van der Waals surface area (Å²) < 4.78 is 51.2. The Kier molecular flexibility index (Phi) is 10.5. The number of anilines is 2. The number of nitrogens with zero attached hydrogens (tertiary/aromatic N) is 1. The number of ether oxygens (including phenoxy) is 4. The van der Waals surface area contributed by atoms with Crippen LogP contribution in [0.1, 0.15) is 25.0 Å². The van der Waals surface area contributed by atoms with Crippen molar-refractivity contribution in [3.05, 3.63) is 78.5 Å². The van der Waals surface area contributed by atoms with E-state index >= 15 is 4.39 Å². The molecule has 46 heavy (non-hydrogen) atoms. The van der Waals surface area contributed by atoms with Gasteiger partial charge in [0.2, 0.25) is 11.8 Å². The molecular weight excluding hydrogens is 600 g/mol. The number of primary amides is 1. The first-order valence-corrected chi connectivity index (χ1v) is 14.7. The standard InChI is InChI=1S/C33H35F2N5O6.4H2/c1-43-29-16-24-26(17-30(29)45-14-2-12-37-18-31(36)41)38-13-9-27(24)46-28-8-7-23(15-25(28)35)39-20-44-19-33(10-11-33)32(42)40-22-5-3-21(34)4-6-22;;;;/h3-9,13,15-17,37,39H,2,10-12,14,18-20H2,1H3,(H2,36,41)(H,40,42);4*1H. The van der Waals surface area contributed by atoms with Gasteiger partial charge in [-0.15, -0.1) is 0 Å². The Morgan fingerprint density at radius 2 is 1.76 bits per heavy atom. The summed E-state index contributed by atoms with van der Waals surface area (Å²) in [6.45, 7) is 1.28. The van der Waals surface area contributed by atoms with Crippen LogP contribution in [-0.2, 0) is 14.3 Å². The number of hydrogen-bond donors (Lipinski definition) is 4. The van der Waals surface area contributed by atoms with Crippen molar-refractivity contribution in [1.82, 2.24) is 10.3 Å². The van der Waals surface area contributed by atoms with Gasteiger partial charge in [-0.25, -0.2) is 8.78 Å². The molecule has 4 aromatic rings. The van der Waals surface area contributed by atoms with Crippen LogP contribution >= 0.6 is 0 Å². The highest BCUT2D eigenvalue weighted by Gasteiger charge is 2.50. The van der Waals surface area contributed by atoms with Crippen molar-refractivity contribution in [3.8, 4) is 23.0 Å². The third-order valence-corrected chi connectivity index (χ3v) is 7.39. The van der Waals surface area contributed by atoms with E-state index in [0.717, 1.165) is 0 Å². The van der Waals surface area contributed by atoms with E-state index in [2.05, 4.69) is 20.9 Å².